The third-order valence-corrected chi connectivity index (χ3v) is 4.96. The third kappa shape index (κ3) is 6.40. The van der Waals surface area contributed by atoms with E-state index in [2.05, 4.69) is 30.9 Å². The fourth-order valence-electron chi connectivity index (χ4n) is 3.37. The molecule has 0 saturated heterocycles. The van der Waals surface area contributed by atoms with E-state index in [1.54, 1.807) is 6.20 Å². The SMILES string of the molecule is NCC(=O)NC(Cc1cnc[nH]1)C(=O)NC(Cc1c[nH]c2ccccc12)C(=O)NCC(=O)O. The number of fused-ring (bicyclic) bond motifs is 1. The molecule has 8 N–H and O–H groups in total. The van der Waals surface area contributed by atoms with Gasteiger partial charge in [-0.3, -0.25) is 19.2 Å². The molecule has 2 atom stereocenters. The monoisotopic (exact) mass is 455 g/mol. The number of rotatable bonds is 11. The first-order chi connectivity index (χ1) is 15.9. The molecule has 0 aliphatic carbocycles. The van der Waals surface area contributed by atoms with Gasteiger partial charge in [-0.05, 0) is 11.6 Å². The van der Waals surface area contributed by atoms with E-state index < -0.39 is 42.3 Å². The summed E-state index contributed by atoms with van der Waals surface area (Å²) in [5, 5.41) is 17.2. The second-order valence-electron chi connectivity index (χ2n) is 7.34. The summed E-state index contributed by atoms with van der Waals surface area (Å²) >= 11 is 0. The highest BCUT2D eigenvalue weighted by molar-refractivity contribution is 5.94. The first-order valence-corrected chi connectivity index (χ1v) is 10.2. The number of H-pyrrole nitrogens is 2. The lowest BCUT2D eigenvalue weighted by Gasteiger charge is -2.22. The number of carboxylic acids is 1. The van der Waals surface area contributed by atoms with E-state index in [9.17, 15) is 19.2 Å². The number of nitrogens with one attached hydrogen (secondary N) is 5. The van der Waals surface area contributed by atoms with Gasteiger partial charge in [-0.25, -0.2) is 4.98 Å². The minimum atomic E-state index is -1.21. The highest BCUT2D eigenvalue weighted by Crippen LogP contribution is 2.19. The quantitative estimate of drug-likeness (QED) is 0.189. The Balaban J connectivity index is 1.81. The average Bonchev–Trinajstić information content (AvgIpc) is 3.46. The number of aliphatic carboxylic acids is 1. The minimum absolute atomic E-state index is 0.0914. The van der Waals surface area contributed by atoms with Crippen molar-refractivity contribution in [1.82, 2.24) is 30.9 Å². The number of imidazole rings is 1. The fourth-order valence-corrected chi connectivity index (χ4v) is 3.37. The number of carbonyl (C=O) groups is 4. The van der Waals surface area contributed by atoms with E-state index >= 15 is 0 Å². The molecule has 2 aromatic heterocycles. The number of hydrogen-bond donors (Lipinski definition) is 7. The van der Waals surface area contributed by atoms with Crippen molar-refractivity contribution in [2.24, 2.45) is 5.73 Å². The number of nitrogens with zero attached hydrogens (tertiary/aromatic N) is 1. The van der Waals surface area contributed by atoms with Gasteiger partial charge in [0.25, 0.3) is 0 Å². The second-order valence-corrected chi connectivity index (χ2v) is 7.34. The van der Waals surface area contributed by atoms with Crippen LogP contribution in [-0.4, -0.2) is 68.9 Å². The number of nitrogens with two attached hydrogens (primary N) is 1. The summed E-state index contributed by atoms with van der Waals surface area (Å²) in [7, 11) is 0. The Morgan fingerprint density at radius 1 is 1.03 bits per heavy atom. The van der Waals surface area contributed by atoms with E-state index in [1.807, 2.05) is 24.3 Å². The summed E-state index contributed by atoms with van der Waals surface area (Å²) in [4.78, 5) is 58.4. The zero-order valence-electron chi connectivity index (χ0n) is 17.6. The molecular formula is C21H25N7O5. The summed E-state index contributed by atoms with van der Waals surface area (Å²) in [6.45, 7) is -0.912. The lowest BCUT2D eigenvalue weighted by molar-refractivity contribution is -0.138. The van der Waals surface area contributed by atoms with Gasteiger partial charge >= 0.3 is 5.97 Å². The highest BCUT2D eigenvalue weighted by atomic mass is 16.4. The molecule has 0 aliphatic rings. The minimum Gasteiger partial charge on any atom is -0.480 e. The molecule has 33 heavy (non-hydrogen) atoms. The van der Waals surface area contributed by atoms with Crippen molar-refractivity contribution in [2.45, 2.75) is 24.9 Å². The Labute approximate surface area is 188 Å². The fraction of sp³-hybridized carbons (Fsp3) is 0.286. The predicted octanol–water partition coefficient (Wildman–Crippen LogP) is -1.19. The maximum atomic E-state index is 13.1. The van der Waals surface area contributed by atoms with E-state index in [1.165, 1.54) is 12.5 Å². The number of benzene rings is 1. The van der Waals surface area contributed by atoms with Crippen LogP contribution < -0.4 is 21.7 Å². The van der Waals surface area contributed by atoms with Crippen LogP contribution in [0.1, 0.15) is 11.3 Å². The zero-order valence-corrected chi connectivity index (χ0v) is 17.6. The van der Waals surface area contributed by atoms with E-state index in [0.717, 1.165) is 16.5 Å². The van der Waals surface area contributed by atoms with Gasteiger partial charge < -0.3 is 36.8 Å². The lowest BCUT2D eigenvalue weighted by atomic mass is 10.0. The van der Waals surface area contributed by atoms with Gasteiger partial charge in [0.15, 0.2) is 0 Å². The number of carbonyl (C=O) groups excluding carboxylic acids is 3. The van der Waals surface area contributed by atoms with Gasteiger partial charge in [0, 0.05) is 41.8 Å². The maximum absolute atomic E-state index is 13.1. The molecule has 2 unspecified atom stereocenters. The van der Waals surface area contributed by atoms with Crippen LogP contribution in [0.3, 0.4) is 0 Å². The number of aromatic nitrogens is 3. The van der Waals surface area contributed by atoms with Gasteiger partial charge in [0.2, 0.25) is 17.7 Å². The van der Waals surface area contributed by atoms with Crippen molar-refractivity contribution in [1.29, 1.82) is 0 Å². The second kappa shape index (κ2) is 10.9. The van der Waals surface area contributed by atoms with E-state index in [0.29, 0.717) is 5.69 Å². The molecule has 2 heterocycles. The molecule has 12 nitrogen and oxygen atoms in total. The first-order valence-electron chi connectivity index (χ1n) is 10.2. The normalized spacial score (nSPS) is 12.6. The molecule has 0 spiro atoms. The molecule has 3 aromatic rings. The summed E-state index contributed by atoms with van der Waals surface area (Å²) < 4.78 is 0. The smallest absolute Gasteiger partial charge is 0.322 e. The van der Waals surface area contributed by atoms with Crippen molar-refractivity contribution in [3.63, 3.8) is 0 Å². The largest absolute Gasteiger partial charge is 0.480 e. The van der Waals surface area contributed by atoms with Gasteiger partial charge in [0.1, 0.15) is 18.6 Å². The van der Waals surface area contributed by atoms with E-state index in [-0.39, 0.29) is 19.4 Å². The molecule has 0 radical (unpaired) electrons. The molecule has 1 aromatic carbocycles. The van der Waals surface area contributed by atoms with Crippen molar-refractivity contribution < 1.29 is 24.3 Å². The number of aromatic amines is 2. The van der Waals surface area contributed by atoms with Crippen molar-refractivity contribution in [2.75, 3.05) is 13.1 Å². The summed E-state index contributed by atoms with van der Waals surface area (Å²) in [6.07, 6.45) is 4.87. The molecular weight excluding hydrogens is 430 g/mol. The third-order valence-electron chi connectivity index (χ3n) is 4.96. The Bertz CT molecular complexity index is 1130. The predicted molar refractivity (Wildman–Crippen MR) is 118 cm³/mol. The first kappa shape index (κ1) is 23.5. The van der Waals surface area contributed by atoms with Crippen molar-refractivity contribution in [3.8, 4) is 0 Å². The van der Waals surface area contributed by atoms with Gasteiger partial charge in [-0.15, -0.1) is 0 Å². The summed E-state index contributed by atoms with van der Waals surface area (Å²) in [5.74, 6) is -3.05. The molecule has 0 aliphatic heterocycles. The van der Waals surface area contributed by atoms with Crippen LogP contribution in [0.4, 0.5) is 0 Å². The van der Waals surface area contributed by atoms with Crippen LogP contribution in [0.25, 0.3) is 10.9 Å². The van der Waals surface area contributed by atoms with Crippen LogP contribution in [0, 0.1) is 0 Å². The molecule has 12 heteroatoms. The average molecular weight is 455 g/mol. The molecule has 0 saturated carbocycles. The zero-order chi connectivity index (χ0) is 23.8. The number of hydrogen-bond acceptors (Lipinski definition) is 6. The van der Waals surface area contributed by atoms with Crippen molar-refractivity contribution >= 4 is 34.6 Å². The Morgan fingerprint density at radius 2 is 1.79 bits per heavy atom. The summed E-state index contributed by atoms with van der Waals surface area (Å²) in [5.41, 5.74) is 7.58. The van der Waals surface area contributed by atoms with Gasteiger partial charge in [-0.2, -0.15) is 0 Å². The molecule has 174 valence electrons. The van der Waals surface area contributed by atoms with E-state index in [4.69, 9.17) is 10.8 Å². The number of carboxylic acid groups (broad SMARTS) is 1. The number of para-hydroxylation sites is 1. The standard InChI is InChI=1S/C21H25N7O5/c22-7-18(29)27-17(6-13-9-23-11-26-13)21(33)28-16(20(32)25-10-19(30)31)5-12-8-24-15-4-2-1-3-14(12)15/h1-4,8-9,11,16-17,24H,5-7,10,22H2,(H,23,26)(H,25,32)(H,27,29)(H,28,33)(H,30,31). The van der Waals surface area contributed by atoms with Crippen LogP contribution >= 0.6 is 0 Å². The lowest BCUT2D eigenvalue weighted by Crippen LogP contribution is -2.56. The number of amides is 3. The van der Waals surface area contributed by atoms with Crippen LogP contribution in [0.5, 0.6) is 0 Å². The van der Waals surface area contributed by atoms with Crippen LogP contribution in [0.2, 0.25) is 0 Å². The summed E-state index contributed by atoms with van der Waals surface area (Å²) in [6, 6.07) is 5.34. The molecule has 3 rings (SSSR count). The van der Waals surface area contributed by atoms with Crippen LogP contribution in [0.15, 0.2) is 43.0 Å². The Hall–Kier alpha value is -4.19. The van der Waals surface area contributed by atoms with Crippen molar-refractivity contribution in [3.05, 3.63) is 54.2 Å². The topological polar surface area (TPSA) is 195 Å². The highest BCUT2D eigenvalue weighted by Gasteiger charge is 2.28. The van der Waals surface area contributed by atoms with Gasteiger partial charge in [0.05, 0.1) is 12.9 Å². The Morgan fingerprint density at radius 3 is 2.48 bits per heavy atom. The van der Waals surface area contributed by atoms with Gasteiger partial charge in [-0.1, -0.05) is 18.2 Å². The Kier molecular flexibility index (Phi) is 7.76. The molecule has 0 bridgehead atoms. The molecule has 0 fully saturated rings. The molecule has 3 amide bonds. The maximum Gasteiger partial charge on any atom is 0.322 e. The van der Waals surface area contributed by atoms with Crippen LogP contribution in [-0.2, 0) is 32.0 Å².